The van der Waals surface area contributed by atoms with Crippen molar-refractivity contribution < 1.29 is 9.90 Å². The third-order valence-corrected chi connectivity index (χ3v) is 2.69. The van der Waals surface area contributed by atoms with Crippen LogP contribution in [0.4, 0.5) is 5.69 Å². The van der Waals surface area contributed by atoms with Crippen molar-refractivity contribution in [3.8, 4) is 0 Å². The maximum Gasteiger partial charge on any atom is 0.303 e. The SMILES string of the molecule is CNc1ccc(CCC(C)CC(=O)O)cc1. The molecule has 0 saturated heterocycles. The molecule has 0 aromatic heterocycles. The molecule has 0 aliphatic carbocycles. The first-order valence-corrected chi connectivity index (χ1v) is 5.60. The first kappa shape index (κ1) is 12.6. The van der Waals surface area contributed by atoms with Gasteiger partial charge in [0.05, 0.1) is 0 Å². The molecule has 3 nitrogen and oxygen atoms in total. The number of nitrogens with one attached hydrogen (secondary N) is 1. The van der Waals surface area contributed by atoms with Gasteiger partial charge >= 0.3 is 5.97 Å². The smallest absolute Gasteiger partial charge is 0.303 e. The molecule has 1 atom stereocenters. The van der Waals surface area contributed by atoms with Gasteiger partial charge in [0.2, 0.25) is 0 Å². The maximum absolute atomic E-state index is 10.5. The van der Waals surface area contributed by atoms with E-state index in [1.54, 1.807) is 0 Å². The van der Waals surface area contributed by atoms with Gasteiger partial charge in [-0.2, -0.15) is 0 Å². The highest BCUT2D eigenvalue weighted by atomic mass is 16.4. The van der Waals surface area contributed by atoms with E-state index < -0.39 is 5.97 Å². The second kappa shape index (κ2) is 6.16. The predicted molar refractivity (Wildman–Crippen MR) is 65.7 cm³/mol. The zero-order chi connectivity index (χ0) is 12.0. The van der Waals surface area contributed by atoms with Crippen LogP contribution < -0.4 is 5.32 Å². The van der Waals surface area contributed by atoms with Crippen LogP contribution in [-0.2, 0) is 11.2 Å². The Kier molecular flexibility index (Phi) is 4.83. The monoisotopic (exact) mass is 221 g/mol. The number of benzene rings is 1. The predicted octanol–water partition coefficient (Wildman–Crippen LogP) is 2.77. The normalized spacial score (nSPS) is 12.1. The molecule has 1 rings (SSSR count). The van der Waals surface area contributed by atoms with Gasteiger partial charge in [0.15, 0.2) is 0 Å². The average molecular weight is 221 g/mol. The Morgan fingerprint density at radius 1 is 1.38 bits per heavy atom. The highest BCUT2D eigenvalue weighted by Crippen LogP contribution is 2.14. The quantitative estimate of drug-likeness (QED) is 0.776. The minimum atomic E-state index is -0.710. The minimum Gasteiger partial charge on any atom is -0.481 e. The lowest BCUT2D eigenvalue weighted by atomic mass is 9.98. The summed E-state index contributed by atoms with van der Waals surface area (Å²) in [6.45, 7) is 1.98. The number of carbonyl (C=O) groups is 1. The van der Waals surface area contributed by atoms with E-state index in [9.17, 15) is 4.79 Å². The molecular formula is C13H19NO2. The van der Waals surface area contributed by atoms with E-state index in [-0.39, 0.29) is 12.3 Å². The Morgan fingerprint density at radius 2 is 2.00 bits per heavy atom. The molecule has 3 heteroatoms. The number of hydrogen-bond donors (Lipinski definition) is 2. The van der Waals surface area contributed by atoms with Crippen molar-refractivity contribution in [3.63, 3.8) is 0 Å². The molecule has 2 N–H and O–H groups in total. The minimum absolute atomic E-state index is 0.237. The number of carboxylic acids is 1. The van der Waals surface area contributed by atoms with Crippen LogP contribution in [0, 0.1) is 5.92 Å². The van der Waals surface area contributed by atoms with Gasteiger partial charge in [-0.15, -0.1) is 0 Å². The van der Waals surface area contributed by atoms with E-state index in [0.717, 1.165) is 18.5 Å². The number of rotatable bonds is 6. The van der Waals surface area contributed by atoms with Crippen molar-refractivity contribution in [1.82, 2.24) is 0 Å². The molecule has 88 valence electrons. The lowest BCUT2D eigenvalue weighted by Gasteiger charge is -2.08. The highest BCUT2D eigenvalue weighted by Gasteiger charge is 2.07. The summed E-state index contributed by atoms with van der Waals surface area (Å²) in [5.41, 5.74) is 2.36. The summed E-state index contributed by atoms with van der Waals surface area (Å²) in [5.74, 6) is -0.473. The third-order valence-electron chi connectivity index (χ3n) is 2.69. The van der Waals surface area contributed by atoms with Crippen molar-refractivity contribution in [2.24, 2.45) is 5.92 Å². The molecule has 16 heavy (non-hydrogen) atoms. The van der Waals surface area contributed by atoms with Gasteiger partial charge in [-0.25, -0.2) is 0 Å². The van der Waals surface area contributed by atoms with Crippen molar-refractivity contribution in [2.45, 2.75) is 26.2 Å². The summed E-state index contributed by atoms with van der Waals surface area (Å²) >= 11 is 0. The number of aliphatic carboxylic acids is 1. The van der Waals surface area contributed by atoms with Crippen LogP contribution in [0.15, 0.2) is 24.3 Å². The topological polar surface area (TPSA) is 49.3 Å². The fraction of sp³-hybridized carbons (Fsp3) is 0.462. The summed E-state index contributed by atoms with van der Waals surface area (Å²) < 4.78 is 0. The van der Waals surface area contributed by atoms with E-state index in [0.29, 0.717) is 0 Å². The van der Waals surface area contributed by atoms with Gasteiger partial charge in [-0.3, -0.25) is 4.79 Å². The molecule has 0 saturated carbocycles. The van der Waals surface area contributed by atoms with Crippen LogP contribution in [0.3, 0.4) is 0 Å². The molecule has 0 heterocycles. The van der Waals surface area contributed by atoms with Crippen molar-refractivity contribution in [3.05, 3.63) is 29.8 Å². The lowest BCUT2D eigenvalue weighted by Crippen LogP contribution is -2.05. The van der Waals surface area contributed by atoms with E-state index in [2.05, 4.69) is 17.4 Å². The van der Waals surface area contributed by atoms with Gasteiger partial charge in [0.1, 0.15) is 0 Å². The Morgan fingerprint density at radius 3 is 2.50 bits per heavy atom. The average Bonchev–Trinajstić information content (AvgIpc) is 2.26. The summed E-state index contributed by atoms with van der Waals surface area (Å²) in [7, 11) is 1.89. The second-order valence-electron chi connectivity index (χ2n) is 4.19. The summed E-state index contributed by atoms with van der Waals surface area (Å²) in [6.07, 6.45) is 2.12. The van der Waals surface area contributed by atoms with Crippen LogP contribution in [0.5, 0.6) is 0 Å². The summed E-state index contributed by atoms with van der Waals surface area (Å²) in [5, 5.41) is 11.7. The molecule has 0 radical (unpaired) electrons. The van der Waals surface area contributed by atoms with E-state index in [1.807, 2.05) is 26.1 Å². The molecule has 0 fully saturated rings. The number of aryl methyl sites for hydroxylation is 1. The largest absolute Gasteiger partial charge is 0.481 e. The number of anilines is 1. The Hall–Kier alpha value is -1.51. The molecule has 1 aromatic rings. The summed E-state index contributed by atoms with van der Waals surface area (Å²) in [4.78, 5) is 10.5. The van der Waals surface area contributed by atoms with Crippen LogP contribution in [-0.4, -0.2) is 18.1 Å². The van der Waals surface area contributed by atoms with Crippen LogP contribution >= 0.6 is 0 Å². The molecule has 0 aliphatic rings. The Bertz CT molecular complexity index is 332. The van der Waals surface area contributed by atoms with E-state index in [1.165, 1.54) is 5.56 Å². The fourth-order valence-electron chi connectivity index (χ4n) is 1.65. The van der Waals surface area contributed by atoms with E-state index in [4.69, 9.17) is 5.11 Å². The molecule has 1 aromatic carbocycles. The highest BCUT2D eigenvalue weighted by molar-refractivity contribution is 5.66. The van der Waals surface area contributed by atoms with Gasteiger partial charge in [0, 0.05) is 19.2 Å². The van der Waals surface area contributed by atoms with Gasteiger partial charge in [-0.1, -0.05) is 19.1 Å². The Balaban J connectivity index is 2.39. The Labute approximate surface area is 96.5 Å². The standard InChI is InChI=1S/C13H19NO2/c1-10(9-13(15)16)3-4-11-5-7-12(14-2)8-6-11/h5-8,10,14H,3-4,9H2,1-2H3,(H,15,16). The van der Waals surface area contributed by atoms with Gasteiger partial charge in [-0.05, 0) is 36.5 Å². The lowest BCUT2D eigenvalue weighted by molar-refractivity contribution is -0.138. The second-order valence-corrected chi connectivity index (χ2v) is 4.19. The van der Waals surface area contributed by atoms with Crippen molar-refractivity contribution >= 4 is 11.7 Å². The van der Waals surface area contributed by atoms with Crippen LogP contribution in [0.25, 0.3) is 0 Å². The fourth-order valence-corrected chi connectivity index (χ4v) is 1.65. The molecule has 0 aliphatic heterocycles. The van der Waals surface area contributed by atoms with Crippen LogP contribution in [0.1, 0.15) is 25.3 Å². The first-order valence-electron chi connectivity index (χ1n) is 5.60. The zero-order valence-corrected chi connectivity index (χ0v) is 9.86. The van der Waals surface area contributed by atoms with Crippen molar-refractivity contribution in [1.29, 1.82) is 0 Å². The molecule has 0 spiro atoms. The number of hydrogen-bond acceptors (Lipinski definition) is 2. The van der Waals surface area contributed by atoms with E-state index >= 15 is 0 Å². The summed E-state index contributed by atoms with van der Waals surface area (Å²) in [6, 6.07) is 8.24. The third kappa shape index (κ3) is 4.34. The van der Waals surface area contributed by atoms with Crippen LogP contribution in [0.2, 0.25) is 0 Å². The molecule has 0 bridgehead atoms. The number of carboxylic acid groups (broad SMARTS) is 1. The molecular weight excluding hydrogens is 202 g/mol. The maximum atomic E-state index is 10.5. The van der Waals surface area contributed by atoms with Gasteiger partial charge < -0.3 is 10.4 Å². The van der Waals surface area contributed by atoms with Crippen molar-refractivity contribution in [2.75, 3.05) is 12.4 Å². The van der Waals surface area contributed by atoms with Gasteiger partial charge in [0.25, 0.3) is 0 Å². The molecule has 1 unspecified atom stereocenters. The molecule has 0 amide bonds. The zero-order valence-electron chi connectivity index (χ0n) is 9.86. The first-order chi connectivity index (χ1) is 7.61.